The highest BCUT2D eigenvalue weighted by Crippen LogP contribution is 2.39. The molecule has 1 aliphatic heterocycles. The van der Waals surface area contributed by atoms with Crippen LogP contribution in [0.1, 0.15) is 56.4 Å². The lowest BCUT2D eigenvalue weighted by molar-refractivity contribution is 0.00567. The third-order valence-electron chi connectivity index (χ3n) is 6.75. The Morgan fingerprint density at radius 3 is 2.40 bits per heavy atom. The number of carbonyl (C=O) groups excluding carboxylic acids is 2. The maximum absolute atomic E-state index is 13.5. The number of fused-ring (bicyclic) bond motifs is 2. The van der Waals surface area contributed by atoms with Gasteiger partial charge in [-0.15, -0.1) is 0 Å². The summed E-state index contributed by atoms with van der Waals surface area (Å²) in [5.74, 6) is 0.118. The van der Waals surface area contributed by atoms with Crippen LogP contribution in [0.5, 0.6) is 5.19 Å². The van der Waals surface area contributed by atoms with Gasteiger partial charge in [0, 0.05) is 19.3 Å². The Balaban J connectivity index is 1.43. The van der Waals surface area contributed by atoms with E-state index >= 15 is 0 Å². The standard InChI is InChI=1S/C28H35N7O4S/c1-15-11-34-14-21(30-24(34)18(4)29-15)31-25(36)19-9-10-20(23-22(19)32-26(38-8)40-23)33-12-16(2)35(17(3)13-33)27(37)39-28(5,6)7/h9-11,14,16-17H,12-13H2,1-8H3,(H,31,36)/t16-,17-/m0/s1. The third kappa shape index (κ3) is 5.27. The quantitative estimate of drug-likeness (QED) is 0.366. The first-order valence-corrected chi connectivity index (χ1v) is 14.0. The number of carbonyl (C=O) groups is 2. The highest BCUT2D eigenvalue weighted by Gasteiger charge is 2.36. The minimum atomic E-state index is -0.562. The van der Waals surface area contributed by atoms with E-state index in [1.165, 1.54) is 11.3 Å². The molecule has 2 amide bonds. The maximum Gasteiger partial charge on any atom is 0.410 e. The molecule has 0 saturated carbocycles. The molecule has 1 fully saturated rings. The van der Waals surface area contributed by atoms with Crippen LogP contribution in [0, 0.1) is 13.8 Å². The molecule has 4 heterocycles. The van der Waals surface area contributed by atoms with Gasteiger partial charge in [-0.3, -0.25) is 14.7 Å². The van der Waals surface area contributed by atoms with Crippen molar-refractivity contribution < 1.29 is 19.1 Å². The van der Waals surface area contributed by atoms with Crippen LogP contribution in [-0.4, -0.2) is 74.1 Å². The van der Waals surface area contributed by atoms with E-state index in [0.29, 0.717) is 40.8 Å². The molecule has 1 N–H and O–H groups in total. The van der Waals surface area contributed by atoms with E-state index in [2.05, 4.69) is 25.2 Å². The second-order valence-corrected chi connectivity index (χ2v) is 12.2. The molecule has 212 valence electrons. The van der Waals surface area contributed by atoms with Gasteiger partial charge in [0.15, 0.2) is 11.5 Å². The average molecular weight is 566 g/mol. The number of hydrogen-bond acceptors (Lipinski definition) is 9. The van der Waals surface area contributed by atoms with Gasteiger partial charge < -0.3 is 24.1 Å². The summed E-state index contributed by atoms with van der Waals surface area (Å²) in [6.45, 7) is 14.7. The largest absolute Gasteiger partial charge is 0.473 e. The van der Waals surface area contributed by atoms with Crippen LogP contribution >= 0.6 is 11.3 Å². The van der Waals surface area contributed by atoms with Crippen molar-refractivity contribution in [3.8, 4) is 5.19 Å². The van der Waals surface area contributed by atoms with Crippen LogP contribution in [0.4, 0.5) is 16.3 Å². The second kappa shape index (κ2) is 10.2. The number of thiazole rings is 1. The van der Waals surface area contributed by atoms with Crippen molar-refractivity contribution >= 4 is 50.7 Å². The number of aromatic nitrogens is 4. The number of amides is 2. The number of piperazine rings is 1. The zero-order chi connectivity index (χ0) is 28.9. The van der Waals surface area contributed by atoms with Gasteiger partial charge in [0.25, 0.3) is 11.1 Å². The van der Waals surface area contributed by atoms with Crippen molar-refractivity contribution in [1.82, 2.24) is 24.3 Å². The Morgan fingerprint density at radius 2 is 1.75 bits per heavy atom. The molecule has 1 saturated heterocycles. The summed E-state index contributed by atoms with van der Waals surface area (Å²) in [5, 5.41) is 3.38. The van der Waals surface area contributed by atoms with Gasteiger partial charge >= 0.3 is 6.09 Å². The molecule has 11 nitrogen and oxygen atoms in total. The van der Waals surface area contributed by atoms with Gasteiger partial charge in [-0.2, -0.15) is 0 Å². The van der Waals surface area contributed by atoms with Gasteiger partial charge in [0.1, 0.15) is 11.1 Å². The first-order valence-electron chi connectivity index (χ1n) is 13.2. The fourth-order valence-corrected chi connectivity index (χ4v) is 6.18. The summed E-state index contributed by atoms with van der Waals surface area (Å²) in [5.41, 5.74) is 3.70. The average Bonchev–Trinajstić information content (AvgIpc) is 3.45. The number of nitrogens with zero attached hydrogens (tertiary/aromatic N) is 6. The second-order valence-electron chi connectivity index (χ2n) is 11.3. The highest BCUT2D eigenvalue weighted by atomic mass is 32.1. The lowest BCUT2D eigenvalue weighted by Gasteiger charge is -2.45. The molecule has 12 heteroatoms. The molecule has 1 aromatic carbocycles. The highest BCUT2D eigenvalue weighted by molar-refractivity contribution is 7.21. The number of benzene rings is 1. The van der Waals surface area contributed by atoms with Crippen LogP contribution in [0.15, 0.2) is 24.5 Å². The Bertz CT molecular complexity index is 1590. The van der Waals surface area contributed by atoms with E-state index in [-0.39, 0.29) is 24.1 Å². The molecule has 5 rings (SSSR count). The summed E-state index contributed by atoms with van der Waals surface area (Å²) in [6.07, 6.45) is 3.33. The minimum absolute atomic E-state index is 0.0805. The monoisotopic (exact) mass is 565 g/mol. The lowest BCUT2D eigenvalue weighted by atomic mass is 10.1. The van der Waals surface area contributed by atoms with Crippen LogP contribution < -0.4 is 15.0 Å². The van der Waals surface area contributed by atoms with Crippen molar-refractivity contribution in [3.63, 3.8) is 0 Å². The Kier molecular flexibility index (Phi) is 7.07. The van der Waals surface area contributed by atoms with Crippen LogP contribution in [-0.2, 0) is 4.74 Å². The van der Waals surface area contributed by atoms with Crippen molar-refractivity contribution in [2.45, 2.75) is 66.2 Å². The molecule has 40 heavy (non-hydrogen) atoms. The van der Waals surface area contributed by atoms with E-state index in [4.69, 9.17) is 9.47 Å². The van der Waals surface area contributed by atoms with E-state index in [1.807, 2.05) is 70.0 Å². The fraction of sp³-hybridized carbons (Fsp3) is 0.464. The third-order valence-corrected chi connectivity index (χ3v) is 7.79. The van der Waals surface area contributed by atoms with Gasteiger partial charge in [0.2, 0.25) is 0 Å². The number of hydrogen-bond donors (Lipinski definition) is 1. The van der Waals surface area contributed by atoms with E-state index in [0.717, 1.165) is 21.8 Å². The van der Waals surface area contributed by atoms with E-state index < -0.39 is 5.60 Å². The van der Waals surface area contributed by atoms with Crippen LogP contribution in [0.25, 0.3) is 15.9 Å². The smallest absolute Gasteiger partial charge is 0.410 e. The van der Waals surface area contributed by atoms with Crippen molar-refractivity contribution in [3.05, 3.63) is 41.5 Å². The first kappa shape index (κ1) is 27.6. The molecule has 0 unspecified atom stereocenters. The molecule has 4 aromatic rings. The molecule has 1 aliphatic rings. The predicted octanol–water partition coefficient (Wildman–Crippen LogP) is 5.05. The fourth-order valence-electron chi connectivity index (χ4n) is 5.24. The number of methoxy groups -OCH3 is 1. The van der Waals surface area contributed by atoms with Crippen LogP contribution in [0.3, 0.4) is 0 Å². The molecule has 0 bridgehead atoms. The number of anilines is 2. The SMILES string of the molecule is COc1nc2c(C(=O)Nc3cn4cc(C)nc(C)c4n3)ccc(N3C[C@H](C)N(C(=O)OC(C)(C)C)[C@@H](C)C3)c2s1. The number of nitrogens with one attached hydrogen (secondary N) is 1. The molecule has 2 atom stereocenters. The topological polar surface area (TPSA) is 114 Å². The summed E-state index contributed by atoms with van der Waals surface area (Å²) in [4.78, 5) is 44.0. The van der Waals surface area contributed by atoms with Crippen molar-refractivity contribution in [1.29, 1.82) is 0 Å². The number of ether oxygens (including phenoxy) is 2. The molecular weight excluding hydrogens is 530 g/mol. The lowest BCUT2D eigenvalue weighted by Crippen LogP contribution is -2.59. The van der Waals surface area contributed by atoms with Gasteiger partial charge in [-0.05, 0) is 60.6 Å². The minimum Gasteiger partial charge on any atom is -0.473 e. The summed E-state index contributed by atoms with van der Waals surface area (Å²) in [7, 11) is 1.57. The van der Waals surface area contributed by atoms with Gasteiger partial charge in [0.05, 0.1) is 52.7 Å². The Morgan fingerprint density at radius 1 is 1.05 bits per heavy atom. The molecule has 0 spiro atoms. The summed E-state index contributed by atoms with van der Waals surface area (Å²) >= 11 is 1.39. The predicted molar refractivity (Wildman–Crippen MR) is 156 cm³/mol. The molecular formula is C28H35N7O4S. The van der Waals surface area contributed by atoms with Gasteiger partial charge in [-0.25, -0.2) is 14.8 Å². The van der Waals surface area contributed by atoms with Crippen molar-refractivity contribution in [2.75, 3.05) is 30.4 Å². The maximum atomic E-state index is 13.5. The number of imidazole rings is 1. The summed E-state index contributed by atoms with van der Waals surface area (Å²) in [6, 6.07) is 3.57. The zero-order valence-electron chi connectivity index (χ0n) is 24.1. The number of aryl methyl sites for hydroxylation is 2. The Labute approximate surface area is 237 Å². The Hall–Kier alpha value is -3.93. The van der Waals surface area contributed by atoms with E-state index in [9.17, 15) is 9.59 Å². The first-order chi connectivity index (χ1) is 18.8. The van der Waals surface area contributed by atoms with Crippen molar-refractivity contribution in [2.24, 2.45) is 0 Å². The normalized spacial score (nSPS) is 17.9. The summed E-state index contributed by atoms with van der Waals surface area (Å²) < 4.78 is 13.8. The van der Waals surface area contributed by atoms with E-state index in [1.54, 1.807) is 19.4 Å². The molecule has 3 aromatic heterocycles. The van der Waals surface area contributed by atoms with Crippen LogP contribution in [0.2, 0.25) is 0 Å². The van der Waals surface area contributed by atoms with Gasteiger partial charge in [-0.1, -0.05) is 11.3 Å². The molecule has 0 aliphatic carbocycles. The number of rotatable bonds is 4. The zero-order valence-corrected chi connectivity index (χ0v) is 24.9. The molecule has 0 radical (unpaired) electrons.